The Morgan fingerprint density at radius 3 is 2.47 bits per heavy atom. The van der Waals surface area contributed by atoms with Gasteiger partial charge in [-0.1, -0.05) is 19.8 Å². The lowest BCUT2D eigenvalue weighted by Crippen LogP contribution is -2.62. The van der Waals surface area contributed by atoms with Crippen molar-refractivity contribution in [3.05, 3.63) is 0 Å². The topological polar surface area (TPSA) is 44.7 Å². The van der Waals surface area contributed by atoms with Crippen molar-refractivity contribution in [2.24, 2.45) is 0 Å². The second-order valence-corrected chi connectivity index (χ2v) is 6.10. The number of rotatable bonds is 6. The van der Waals surface area contributed by atoms with Crippen LogP contribution in [0.5, 0.6) is 0 Å². The molecule has 0 amide bonds. The van der Waals surface area contributed by atoms with Crippen LogP contribution in [-0.2, 0) is 4.74 Å². The van der Waals surface area contributed by atoms with Crippen LogP contribution in [0.25, 0.3) is 0 Å². The first-order valence-corrected chi connectivity index (χ1v) is 7.93. The van der Waals surface area contributed by atoms with E-state index in [4.69, 9.17) is 4.74 Å². The van der Waals surface area contributed by atoms with Crippen LogP contribution >= 0.6 is 0 Å². The first kappa shape index (κ1) is 15.2. The molecule has 0 spiro atoms. The molecule has 0 aromatic rings. The Hall–Kier alpha value is -0.160. The molecule has 0 aromatic carbocycles. The third-order valence-corrected chi connectivity index (χ3v) is 5.05. The number of hydrogen-bond acceptors (Lipinski definition) is 4. The van der Waals surface area contributed by atoms with Crippen molar-refractivity contribution in [2.75, 3.05) is 32.8 Å². The lowest BCUT2D eigenvalue weighted by molar-refractivity contribution is -0.0344. The number of aliphatic hydroxyl groups is 1. The van der Waals surface area contributed by atoms with Gasteiger partial charge in [0.15, 0.2) is 0 Å². The largest absolute Gasteiger partial charge is 0.392 e. The van der Waals surface area contributed by atoms with Crippen LogP contribution in [0.15, 0.2) is 0 Å². The summed E-state index contributed by atoms with van der Waals surface area (Å²) in [5.41, 5.74) is 0.289. The van der Waals surface area contributed by atoms with Crippen LogP contribution in [0.1, 0.15) is 46.0 Å². The summed E-state index contributed by atoms with van der Waals surface area (Å²) >= 11 is 0. The van der Waals surface area contributed by atoms with Crippen LogP contribution < -0.4 is 5.32 Å². The summed E-state index contributed by atoms with van der Waals surface area (Å²) in [6.45, 7) is 8.89. The maximum Gasteiger partial charge on any atom is 0.0662 e. The highest BCUT2D eigenvalue weighted by molar-refractivity contribution is 5.02. The zero-order valence-corrected chi connectivity index (χ0v) is 12.5. The molecular formula is C15H30N2O2. The van der Waals surface area contributed by atoms with Crippen molar-refractivity contribution in [3.63, 3.8) is 0 Å². The van der Waals surface area contributed by atoms with E-state index in [0.29, 0.717) is 12.6 Å². The van der Waals surface area contributed by atoms with Gasteiger partial charge in [-0.3, -0.25) is 4.90 Å². The molecular weight excluding hydrogens is 240 g/mol. The number of hydrogen-bond donors (Lipinski definition) is 2. The van der Waals surface area contributed by atoms with E-state index in [1.807, 2.05) is 6.92 Å². The third kappa shape index (κ3) is 3.48. The predicted molar refractivity (Wildman–Crippen MR) is 77.4 cm³/mol. The Kier molecular flexibility index (Phi) is 5.63. The fourth-order valence-electron chi connectivity index (χ4n) is 3.67. The average Bonchev–Trinajstić information content (AvgIpc) is 2.96. The van der Waals surface area contributed by atoms with Gasteiger partial charge >= 0.3 is 0 Å². The van der Waals surface area contributed by atoms with Crippen molar-refractivity contribution >= 4 is 0 Å². The van der Waals surface area contributed by atoms with E-state index in [1.54, 1.807) is 0 Å². The number of ether oxygens (including phenoxy) is 1. The monoisotopic (exact) mass is 270 g/mol. The summed E-state index contributed by atoms with van der Waals surface area (Å²) < 4.78 is 5.50. The molecule has 19 heavy (non-hydrogen) atoms. The molecule has 1 heterocycles. The Labute approximate surface area is 117 Å². The molecule has 1 aliphatic carbocycles. The van der Waals surface area contributed by atoms with E-state index in [9.17, 15) is 5.11 Å². The summed E-state index contributed by atoms with van der Waals surface area (Å²) in [5, 5.41) is 13.3. The highest BCUT2D eigenvalue weighted by Gasteiger charge is 2.44. The highest BCUT2D eigenvalue weighted by atomic mass is 16.5. The minimum absolute atomic E-state index is 0.217. The molecule has 2 N–H and O–H groups in total. The van der Waals surface area contributed by atoms with Crippen LogP contribution in [0.4, 0.5) is 0 Å². The van der Waals surface area contributed by atoms with E-state index in [1.165, 1.54) is 25.7 Å². The molecule has 2 aliphatic rings. The maximum absolute atomic E-state index is 9.75. The number of nitrogens with zero attached hydrogens (tertiary/aromatic N) is 1. The van der Waals surface area contributed by atoms with E-state index < -0.39 is 0 Å². The molecule has 4 nitrogen and oxygen atoms in total. The first-order chi connectivity index (χ1) is 9.19. The molecule has 1 aliphatic heterocycles. The van der Waals surface area contributed by atoms with Gasteiger partial charge in [0.25, 0.3) is 0 Å². The smallest absolute Gasteiger partial charge is 0.0662 e. The SMILES string of the molecule is CC[C@@H](O)CN[C@H](C)C1(N2CCOCC2)CCCC1. The normalized spacial score (nSPS) is 27.3. The summed E-state index contributed by atoms with van der Waals surface area (Å²) in [4.78, 5) is 2.64. The van der Waals surface area contributed by atoms with Crippen LogP contribution in [0.3, 0.4) is 0 Å². The van der Waals surface area contributed by atoms with Gasteiger partial charge in [0, 0.05) is 31.2 Å². The average molecular weight is 270 g/mol. The van der Waals surface area contributed by atoms with Gasteiger partial charge < -0.3 is 15.2 Å². The summed E-state index contributed by atoms with van der Waals surface area (Å²) in [5.74, 6) is 0. The summed E-state index contributed by atoms with van der Waals surface area (Å²) in [7, 11) is 0. The fraction of sp³-hybridized carbons (Fsp3) is 1.00. The number of aliphatic hydroxyl groups excluding tert-OH is 1. The third-order valence-electron chi connectivity index (χ3n) is 5.05. The van der Waals surface area contributed by atoms with Crippen LogP contribution in [-0.4, -0.2) is 60.5 Å². The van der Waals surface area contributed by atoms with Gasteiger partial charge in [0.05, 0.1) is 19.3 Å². The molecule has 4 heteroatoms. The predicted octanol–water partition coefficient (Wildman–Crippen LogP) is 1.38. The minimum Gasteiger partial charge on any atom is -0.392 e. The fourth-order valence-corrected chi connectivity index (χ4v) is 3.67. The molecule has 0 aromatic heterocycles. The van der Waals surface area contributed by atoms with Crippen molar-refractivity contribution in [1.82, 2.24) is 10.2 Å². The number of nitrogens with one attached hydrogen (secondary N) is 1. The molecule has 1 saturated carbocycles. The van der Waals surface area contributed by atoms with Gasteiger partial charge in [0.2, 0.25) is 0 Å². The first-order valence-electron chi connectivity index (χ1n) is 7.93. The van der Waals surface area contributed by atoms with Gasteiger partial charge in [-0.15, -0.1) is 0 Å². The molecule has 0 unspecified atom stereocenters. The Balaban J connectivity index is 1.97. The van der Waals surface area contributed by atoms with Gasteiger partial charge in [-0.25, -0.2) is 0 Å². The molecule has 2 atom stereocenters. The molecule has 112 valence electrons. The summed E-state index contributed by atoms with van der Waals surface area (Å²) in [6.07, 6.45) is 5.84. The zero-order valence-electron chi connectivity index (χ0n) is 12.5. The second-order valence-electron chi connectivity index (χ2n) is 6.10. The standard InChI is InChI=1S/C15H30N2O2/c1-3-14(18)12-16-13(2)15(6-4-5-7-15)17-8-10-19-11-9-17/h13-14,16,18H,3-12H2,1-2H3/t13-,14-/m1/s1. The quantitative estimate of drug-likeness (QED) is 0.765. The lowest BCUT2D eigenvalue weighted by atomic mass is 9.86. The van der Waals surface area contributed by atoms with Crippen LogP contribution in [0.2, 0.25) is 0 Å². The molecule has 0 bridgehead atoms. The molecule has 2 rings (SSSR count). The van der Waals surface area contributed by atoms with Gasteiger partial charge in [0.1, 0.15) is 0 Å². The van der Waals surface area contributed by atoms with Gasteiger partial charge in [-0.05, 0) is 26.2 Å². The molecule has 1 saturated heterocycles. The Bertz CT molecular complexity index is 261. The van der Waals surface area contributed by atoms with Crippen molar-refractivity contribution in [2.45, 2.75) is 63.6 Å². The van der Waals surface area contributed by atoms with Crippen LogP contribution in [0, 0.1) is 0 Å². The van der Waals surface area contributed by atoms with Crippen molar-refractivity contribution < 1.29 is 9.84 Å². The van der Waals surface area contributed by atoms with E-state index in [0.717, 1.165) is 32.7 Å². The second kappa shape index (κ2) is 7.02. The van der Waals surface area contributed by atoms with E-state index in [-0.39, 0.29) is 11.6 Å². The van der Waals surface area contributed by atoms with E-state index in [2.05, 4.69) is 17.1 Å². The number of morpholine rings is 1. The van der Waals surface area contributed by atoms with Gasteiger partial charge in [-0.2, -0.15) is 0 Å². The minimum atomic E-state index is -0.217. The Morgan fingerprint density at radius 1 is 1.26 bits per heavy atom. The Morgan fingerprint density at radius 2 is 1.89 bits per heavy atom. The van der Waals surface area contributed by atoms with E-state index >= 15 is 0 Å². The van der Waals surface area contributed by atoms with Crippen molar-refractivity contribution in [3.8, 4) is 0 Å². The maximum atomic E-state index is 9.75. The summed E-state index contributed by atoms with van der Waals surface area (Å²) in [6, 6.07) is 0.439. The molecule has 2 fully saturated rings. The molecule has 0 radical (unpaired) electrons. The zero-order chi connectivity index (χ0) is 13.7. The highest BCUT2D eigenvalue weighted by Crippen LogP contribution is 2.38. The van der Waals surface area contributed by atoms with Crippen molar-refractivity contribution in [1.29, 1.82) is 0 Å². The lowest BCUT2D eigenvalue weighted by Gasteiger charge is -2.47.